The van der Waals surface area contributed by atoms with Crippen LogP contribution in [0.15, 0.2) is 60.7 Å². The number of aliphatic hydroxyl groups is 1. The number of aliphatic hydroxyl groups excluding tert-OH is 1. The summed E-state index contributed by atoms with van der Waals surface area (Å²) in [7, 11) is 0. The fraction of sp³-hybridized carbons (Fsp3) is 0.429. The number of benzene rings is 2. The van der Waals surface area contributed by atoms with Crippen LogP contribution in [-0.4, -0.2) is 35.8 Å². The Labute approximate surface area is 161 Å². The molecule has 0 aliphatic rings. The van der Waals surface area contributed by atoms with Crippen LogP contribution in [0.3, 0.4) is 0 Å². The van der Waals surface area contributed by atoms with Crippen LogP contribution in [0.1, 0.15) is 24.5 Å². The van der Waals surface area contributed by atoms with Crippen molar-refractivity contribution in [3.05, 3.63) is 71.8 Å². The normalized spacial score (nSPS) is 16.4. The molecule has 0 unspecified atom stereocenters. The Kier molecular flexibility index (Phi) is 7.98. The van der Waals surface area contributed by atoms with Crippen molar-refractivity contribution in [2.24, 2.45) is 0 Å². The molecule has 0 aromatic heterocycles. The zero-order chi connectivity index (χ0) is 20.6. The zero-order valence-electron chi connectivity index (χ0n) is 15.5. The summed E-state index contributed by atoms with van der Waals surface area (Å²) < 4.78 is 65.7. The number of rotatable bonds is 10. The first-order valence-electron chi connectivity index (χ1n) is 8.99. The van der Waals surface area contributed by atoms with Crippen molar-refractivity contribution in [1.29, 1.82) is 0 Å². The number of halogens is 4. The minimum absolute atomic E-state index is 0.0841. The van der Waals surface area contributed by atoms with E-state index in [9.17, 15) is 22.7 Å². The van der Waals surface area contributed by atoms with E-state index in [0.29, 0.717) is 5.56 Å². The van der Waals surface area contributed by atoms with Crippen molar-refractivity contribution in [3.8, 4) is 0 Å². The predicted molar refractivity (Wildman–Crippen MR) is 97.3 cm³/mol. The second-order valence-corrected chi connectivity index (χ2v) is 6.50. The molecule has 0 saturated heterocycles. The predicted octanol–water partition coefficient (Wildman–Crippen LogP) is 4.83. The van der Waals surface area contributed by atoms with Gasteiger partial charge in [-0.2, -0.15) is 13.2 Å². The molecule has 0 amide bonds. The van der Waals surface area contributed by atoms with Gasteiger partial charge in [-0.15, -0.1) is 0 Å². The molecule has 154 valence electrons. The third kappa shape index (κ3) is 5.77. The van der Waals surface area contributed by atoms with Crippen molar-refractivity contribution in [1.82, 2.24) is 0 Å². The van der Waals surface area contributed by atoms with E-state index in [1.54, 1.807) is 54.6 Å². The van der Waals surface area contributed by atoms with Crippen LogP contribution in [0, 0.1) is 0 Å². The summed E-state index contributed by atoms with van der Waals surface area (Å²) in [5, 5.41) is 10.3. The average Bonchev–Trinajstić information content (AvgIpc) is 2.68. The Hall–Kier alpha value is -1.96. The Balaban J connectivity index is 2.09. The van der Waals surface area contributed by atoms with Gasteiger partial charge >= 0.3 is 6.18 Å². The fourth-order valence-corrected chi connectivity index (χ4v) is 2.83. The molecule has 3 atom stereocenters. The molecule has 2 rings (SSSR count). The lowest BCUT2D eigenvalue weighted by molar-refractivity contribution is -0.285. The minimum atomic E-state index is -5.19. The summed E-state index contributed by atoms with van der Waals surface area (Å²) in [4.78, 5) is 0. The van der Waals surface area contributed by atoms with Crippen molar-refractivity contribution in [2.45, 2.75) is 50.6 Å². The van der Waals surface area contributed by atoms with Gasteiger partial charge in [-0.05, 0) is 17.5 Å². The standard InChI is InChI=1S/C21H24F4O3/c1-2-20(22,21(23,24)25)19(28-14-17-11-7-4-8-12-17)18(26)15-27-13-16-9-5-3-6-10-16/h3-12,18-19,26H,2,13-15H2,1H3/t18-,19-,20-/m1/s1. The Bertz CT molecular complexity index is 694. The van der Waals surface area contributed by atoms with Crippen LogP contribution in [-0.2, 0) is 22.7 Å². The largest absolute Gasteiger partial charge is 0.425 e. The first-order valence-corrected chi connectivity index (χ1v) is 8.99. The van der Waals surface area contributed by atoms with Crippen LogP contribution in [0.5, 0.6) is 0 Å². The van der Waals surface area contributed by atoms with Crippen molar-refractivity contribution in [3.63, 3.8) is 0 Å². The van der Waals surface area contributed by atoms with Gasteiger partial charge in [0.1, 0.15) is 12.2 Å². The van der Waals surface area contributed by atoms with Crippen molar-refractivity contribution < 1.29 is 32.1 Å². The molecule has 7 heteroatoms. The summed E-state index contributed by atoms with van der Waals surface area (Å²) in [6.45, 7) is 0.406. The first kappa shape index (κ1) is 22.3. The van der Waals surface area contributed by atoms with E-state index in [4.69, 9.17) is 9.47 Å². The molecule has 0 aliphatic heterocycles. The third-order valence-electron chi connectivity index (χ3n) is 4.46. The summed E-state index contributed by atoms with van der Waals surface area (Å²) in [6.07, 6.45) is -9.98. The Morgan fingerprint density at radius 3 is 1.82 bits per heavy atom. The molecule has 2 aromatic rings. The van der Waals surface area contributed by atoms with Gasteiger partial charge in [0, 0.05) is 0 Å². The molecule has 0 radical (unpaired) electrons. The van der Waals surface area contributed by atoms with Crippen LogP contribution < -0.4 is 0 Å². The van der Waals surface area contributed by atoms with Gasteiger partial charge in [0.25, 0.3) is 0 Å². The van der Waals surface area contributed by atoms with E-state index in [0.717, 1.165) is 12.5 Å². The lowest BCUT2D eigenvalue weighted by Crippen LogP contribution is -2.57. The van der Waals surface area contributed by atoms with Gasteiger partial charge in [-0.3, -0.25) is 0 Å². The van der Waals surface area contributed by atoms with Crippen molar-refractivity contribution in [2.75, 3.05) is 6.61 Å². The topological polar surface area (TPSA) is 38.7 Å². The number of hydrogen-bond donors (Lipinski definition) is 1. The third-order valence-corrected chi connectivity index (χ3v) is 4.46. The molecule has 0 bridgehead atoms. The lowest BCUT2D eigenvalue weighted by Gasteiger charge is -2.37. The van der Waals surface area contributed by atoms with E-state index >= 15 is 0 Å². The average molecular weight is 400 g/mol. The SMILES string of the molecule is CC[C@@](F)([C@H](OCc1ccccc1)[C@H](O)COCc1ccccc1)C(F)(F)F. The van der Waals surface area contributed by atoms with E-state index in [-0.39, 0.29) is 13.2 Å². The molecule has 1 N–H and O–H groups in total. The molecule has 0 saturated carbocycles. The molecular weight excluding hydrogens is 376 g/mol. The Morgan fingerprint density at radius 2 is 1.36 bits per heavy atom. The first-order chi connectivity index (χ1) is 13.3. The highest BCUT2D eigenvalue weighted by Gasteiger charge is 2.62. The molecule has 0 fully saturated rings. The van der Waals surface area contributed by atoms with Crippen LogP contribution >= 0.6 is 0 Å². The quantitative estimate of drug-likeness (QED) is 0.581. The molecule has 0 heterocycles. The molecule has 3 nitrogen and oxygen atoms in total. The van der Waals surface area contributed by atoms with E-state index < -0.39 is 37.1 Å². The van der Waals surface area contributed by atoms with Crippen LogP contribution in [0.25, 0.3) is 0 Å². The molecule has 0 aliphatic carbocycles. The van der Waals surface area contributed by atoms with Crippen molar-refractivity contribution >= 4 is 0 Å². The zero-order valence-corrected chi connectivity index (χ0v) is 15.5. The van der Waals surface area contributed by atoms with Gasteiger partial charge in [0.05, 0.1) is 19.8 Å². The molecule has 0 spiro atoms. The summed E-state index contributed by atoms with van der Waals surface area (Å²) in [6, 6.07) is 17.4. The highest BCUT2D eigenvalue weighted by molar-refractivity contribution is 5.14. The van der Waals surface area contributed by atoms with E-state index in [1.165, 1.54) is 0 Å². The maximum absolute atomic E-state index is 14.9. The maximum Gasteiger partial charge on any atom is 0.425 e. The monoisotopic (exact) mass is 400 g/mol. The smallest absolute Gasteiger partial charge is 0.388 e. The number of hydrogen-bond acceptors (Lipinski definition) is 3. The van der Waals surface area contributed by atoms with Gasteiger partial charge in [-0.1, -0.05) is 67.6 Å². The summed E-state index contributed by atoms with van der Waals surface area (Å²) in [5.74, 6) is 0. The molecular formula is C21H24F4O3. The lowest BCUT2D eigenvalue weighted by atomic mass is 9.91. The number of ether oxygens (including phenoxy) is 2. The van der Waals surface area contributed by atoms with Gasteiger partial charge in [0.2, 0.25) is 5.67 Å². The van der Waals surface area contributed by atoms with Gasteiger partial charge < -0.3 is 14.6 Å². The fourth-order valence-electron chi connectivity index (χ4n) is 2.83. The van der Waals surface area contributed by atoms with E-state index in [1.807, 2.05) is 6.07 Å². The molecule has 28 heavy (non-hydrogen) atoms. The highest BCUT2D eigenvalue weighted by Crippen LogP contribution is 2.42. The second kappa shape index (κ2) is 10.0. The maximum atomic E-state index is 14.9. The summed E-state index contributed by atoms with van der Waals surface area (Å²) in [5.41, 5.74) is -2.34. The summed E-state index contributed by atoms with van der Waals surface area (Å²) >= 11 is 0. The highest BCUT2D eigenvalue weighted by atomic mass is 19.4. The minimum Gasteiger partial charge on any atom is -0.388 e. The Morgan fingerprint density at radius 1 is 0.857 bits per heavy atom. The van der Waals surface area contributed by atoms with Gasteiger partial charge in [-0.25, -0.2) is 4.39 Å². The second-order valence-electron chi connectivity index (χ2n) is 6.50. The van der Waals surface area contributed by atoms with Crippen LogP contribution in [0.4, 0.5) is 17.6 Å². The van der Waals surface area contributed by atoms with E-state index in [2.05, 4.69) is 0 Å². The number of alkyl halides is 4. The van der Waals surface area contributed by atoms with Crippen LogP contribution in [0.2, 0.25) is 0 Å². The van der Waals surface area contributed by atoms with Gasteiger partial charge in [0.15, 0.2) is 0 Å². The molecule has 2 aromatic carbocycles.